The molecule has 0 unspecified atom stereocenters. The minimum Gasteiger partial charge on any atom is -0.508 e. The van der Waals surface area contributed by atoms with Gasteiger partial charge in [0.05, 0.1) is 0 Å². The molecule has 0 aliphatic carbocycles. The van der Waals surface area contributed by atoms with Crippen molar-refractivity contribution in [2.75, 3.05) is 13.2 Å². The second-order valence-electron chi connectivity index (χ2n) is 4.41. The zero-order chi connectivity index (χ0) is 16.1. The fourth-order valence-corrected chi connectivity index (χ4v) is 1.85. The standard InChI is InChI=1S/C16H14O6/c1-2-15(19)21-5-6-22-16(20)13-8-11-7-12(17)4-3-10(11)9-14(13)18/h2-4,7-9,17-18H,1,5-6H2. The van der Waals surface area contributed by atoms with E-state index in [1.165, 1.54) is 24.3 Å². The van der Waals surface area contributed by atoms with E-state index in [2.05, 4.69) is 11.3 Å². The van der Waals surface area contributed by atoms with Gasteiger partial charge in [0.2, 0.25) is 0 Å². The molecule has 2 N–H and O–H groups in total. The van der Waals surface area contributed by atoms with Crippen LogP contribution in [0.15, 0.2) is 43.0 Å². The quantitative estimate of drug-likeness (QED) is 0.499. The Bertz CT molecular complexity index is 735. The van der Waals surface area contributed by atoms with Crippen molar-refractivity contribution in [3.63, 3.8) is 0 Å². The fourth-order valence-electron chi connectivity index (χ4n) is 1.85. The van der Waals surface area contributed by atoms with Crippen LogP contribution in [0, 0.1) is 0 Å². The molecule has 0 heterocycles. The van der Waals surface area contributed by atoms with Crippen molar-refractivity contribution in [1.29, 1.82) is 0 Å². The molecular weight excluding hydrogens is 288 g/mol. The van der Waals surface area contributed by atoms with Crippen LogP contribution in [0.5, 0.6) is 11.5 Å². The smallest absolute Gasteiger partial charge is 0.342 e. The molecule has 114 valence electrons. The van der Waals surface area contributed by atoms with Gasteiger partial charge in [0.15, 0.2) is 0 Å². The summed E-state index contributed by atoms with van der Waals surface area (Å²) in [7, 11) is 0. The Labute approximate surface area is 126 Å². The minimum atomic E-state index is -0.752. The molecule has 0 aromatic heterocycles. The first-order valence-corrected chi connectivity index (χ1v) is 6.43. The first kappa shape index (κ1) is 15.4. The number of benzene rings is 2. The molecule has 2 aromatic carbocycles. The van der Waals surface area contributed by atoms with Crippen molar-refractivity contribution in [3.8, 4) is 11.5 Å². The predicted molar refractivity (Wildman–Crippen MR) is 78.7 cm³/mol. The van der Waals surface area contributed by atoms with Crippen molar-refractivity contribution >= 4 is 22.7 Å². The lowest BCUT2D eigenvalue weighted by Gasteiger charge is -2.08. The third-order valence-electron chi connectivity index (χ3n) is 2.89. The Kier molecular flexibility index (Phi) is 4.63. The molecule has 6 nitrogen and oxygen atoms in total. The second-order valence-corrected chi connectivity index (χ2v) is 4.41. The highest BCUT2D eigenvalue weighted by atomic mass is 16.6. The van der Waals surface area contributed by atoms with Gasteiger partial charge in [0.1, 0.15) is 30.3 Å². The number of rotatable bonds is 5. The van der Waals surface area contributed by atoms with E-state index in [0.29, 0.717) is 10.8 Å². The number of hydrogen-bond donors (Lipinski definition) is 2. The summed E-state index contributed by atoms with van der Waals surface area (Å²) in [4.78, 5) is 22.7. The van der Waals surface area contributed by atoms with Crippen molar-refractivity contribution in [2.45, 2.75) is 0 Å². The summed E-state index contributed by atoms with van der Waals surface area (Å²) < 4.78 is 9.57. The van der Waals surface area contributed by atoms with Crippen molar-refractivity contribution in [2.24, 2.45) is 0 Å². The number of phenols is 2. The van der Waals surface area contributed by atoms with E-state index in [4.69, 9.17) is 4.74 Å². The Morgan fingerprint density at radius 1 is 1.05 bits per heavy atom. The average molecular weight is 302 g/mol. The summed E-state index contributed by atoms with van der Waals surface area (Å²) in [6, 6.07) is 7.39. The van der Waals surface area contributed by atoms with Crippen LogP contribution in [-0.4, -0.2) is 35.4 Å². The maximum Gasteiger partial charge on any atom is 0.342 e. The van der Waals surface area contributed by atoms with Crippen LogP contribution in [0.4, 0.5) is 0 Å². The van der Waals surface area contributed by atoms with Gasteiger partial charge >= 0.3 is 11.9 Å². The molecule has 0 spiro atoms. The highest BCUT2D eigenvalue weighted by Gasteiger charge is 2.14. The van der Waals surface area contributed by atoms with Crippen LogP contribution in [0.1, 0.15) is 10.4 Å². The van der Waals surface area contributed by atoms with Crippen LogP contribution >= 0.6 is 0 Å². The second kappa shape index (κ2) is 6.62. The van der Waals surface area contributed by atoms with E-state index in [1.54, 1.807) is 6.07 Å². The van der Waals surface area contributed by atoms with Gasteiger partial charge in [-0.25, -0.2) is 9.59 Å². The fraction of sp³-hybridized carbons (Fsp3) is 0.125. The summed E-state index contributed by atoms with van der Waals surface area (Å²) in [5, 5.41) is 20.6. The number of ether oxygens (including phenoxy) is 2. The number of phenolic OH excluding ortho intramolecular Hbond substituents is 2. The highest BCUT2D eigenvalue weighted by molar-refractivity contribution is 5.98. The Morgan fingerprint density at radius 3 is 2.50 bits per heavy atom. The third kappa shape index (κ3) is 3.54. The molecule has 2 aromatic rings. The Morgan fingerprint density at radius 2 is 1.77 bits per heavy atom. The zero-order valence-electron chi connectivity index (χ0n) is 11.6. The minimum absolute atomic E-state index is 0.0341. The number of fused-ring (bicyclic) bond motifs is 1. The molecule has 0 aliphatic heterocycles. The molecular formula is C16H14O6. The van der Waals surface area contributed by atoms with Crippen molar-refractivity contribution < 1.29 is 29.3 Å². The lowest BCUT2D eigenvalue weighted by atomic mass is 10.1. The van der Waals surface area contributed by atoms with E-state index < -0.39 is 11.9 Å². The third-order valence-corrected chi connectivity index (χ3v) is 2.89. The van der Waals surface area contributed by atoms with E-state index in [-0.39, 0.29) is 30.3 Å². The number of carbonyl (C=O) groups is 2. The van der Waals surface area contributed by atoms with Crippen LogP contribution in [0.25, 0.3) is 10.8 Å². The molecule has 22 heavy (non-hydrogen) atoms. The Hall–Kier alpha value is -3.02. The van der Waals surface area contributed by atoms with Gasteiger partial charge in [-0.2, -0.15) is 0 Å². The van der Waals surface area contributed by atoms with E-state index >= 15 is 0 Å². The van der Waals surface area contributed by atoms with Crippen LogP contribution < -0.4 is 0 Å². The summed E-state index contributed by atoms with van der Waals surface area (Å²) in [5.74, 6) is -1.54. The normalized spacial score (nSPS) is 10.2. The molecule has 0 aliphatic rings. The molecule has 0 fully saturated rings. The molecule has 0 saturated carbocycles. The van der Waals surface area contributed by atoms with E-state index in [1.807, 2.05) is 0 Å². The first-order valence-electron chi connectivity index (χ1n) is 6.43. The monoisotopic (exact) mass is 302 g/mol. The molecule has 0 radical (unpaired) electrons. The number of hydrogen-bond acceptors (Lipinski definition) is 6. The number of esters is 2. The number of carbonyl (C=O) groups excluding carboxylic acids is 2. The van der Waals surface area contributed by atoms with Crippen LogP contribution in [-0.2, 0) is 14.3 Å². The lowest BCUT2D eigenvalue weighted by molar-refractivity contribution is -0.138. The maximum absolute atomic E-state index is 11.9. The topological polar surface area (TPSA) is 93.1 Å². The van der Waals surface area contributed by atoms with E-state index in [0.717, 1.165) is 6.08 Å². The molecule has 0 saturated heterocycles. The molecule has 0 amide bonds. The van der Waals surface area contributed by atoms with Gasteiger partial charge in [-0.05, 0) is 35.0 Å². The van der Waals surface area contributed by atoms with Crippen LogP contribution in [0.2, 0.25) is 0 Å². The zero-order valence-corrected chi connectivity index (χ0v) is 11.6. The molecule has 2 rings (SSSR count). The maximum atomic E-state index is 11.9. The highest BCUT2D eigenvalue weighted by Crippen LogP contribution is 2.28. The molecule has 6 heteroatoms. The van der Waals surface area contributed by atoms with Gasteiger partial charge in [0.25, 0.3) is 0 Å². The molecule has 0 bridgehead atoms. The van der Waals surface area contributed by atoms with Gasteiger partial charge < -0.3 is 19.7 Å². The van der Waals surface area contributed by atoms with E-state index in [9.17, 15) is 19.8 Å². The van der Waals surface area contributed by atoms with Crippen LogP contribution in [0.3, 0.4) is 0 Å². The largest absolute Gasteiger partial charge is 0.508 e. The summed E-state index contributed by atoms with van der Waals surface area (Å²) in [6.45, 7) is 2.99. The number of aromatic hydroxyl groups is 2. The molecule has 0 atom stereocenters. The SMILES string of the molecule is C=CC(=O)OCCOC(=O)c1cc2cc(O)ccc2cc1O. The summed E-state index contributed by atoms with van der Waals surface area (Å²) in [6.07, 6.45) is 1.00. The Balaban J connectivity index is 2.09. The average Bonchev–Trinajstić information content (AvgIpc) is 2.50. The summed E-state index contributed by atoms with van der Waals surface area (Å²) in [5.41, 5.74) is -0.0341. The lowest BCUT2D eigenvalue weighted by Crippen LogP contribution is -2.13. The first-order chi connectivity index (χ1) is 10.5. The van der Waals surface area contributed by atoms with Crippen molar-refractivity contribution in [3.05, 3.63) is 48.6 Å². The van der Waals surface area contributed by atoms with Crippen molar-refractivity contribution in [1.82, 2.24) is 0 Å². The van der Waals surface area contributed by atoms with Gasteiger partial charge in [-0.3, -0.25) is 0 Å². The van der Waals surface area contributed by atoms with Gasteiger partial charge in [-0.1, -0.05) is 12.6 Å². The van der Waals surface area contributed by atoms with Gasteiger partial charge in [-0.15, -0.1) is 0 Å². The summed E-state index contributed by atoms with van der Waals surface area (Å²) >= 11 is 0. The predicted octanol–water partition coefficient (Wildman–Crippen LogP) is 2.14. The van der Waals surface area contributed by atoms with Gasteiger partial charge in [0, 0.05) is 6.08 Å².